The van der Waals surface area contributed by atoms with E-state index in [0.29, 0.717) is 30.5 Å². The molecule has 0 aromatic heterocycles. The van der Waals surface area contributed by atoms with Crippen molar-refractivity contribution >= 4 is 11.8 Å². The molecule has 19 heavy (non-hydrogen) atoms. The maximum Gasteiger partial charge on any atom is 0.306 e. The van der Waals surface area contributed by atoms with Crippen molar-refractivity contribution in [3.05, 3.63) is 0 Å². The summed E-state index contributed by atoms with van der Waals surface area (Å²) in [4.78, 5) is 24.2. The van der Waals surface area contributed by atoms with Crippen LogP contribution in [0.5, 0.6) is 0 Å². The van der Waals surface area contributed by atoms with Crippen molar-refractivity contribution in [2.45, 2.75) is 65.9 Å². The highest BCUT2D eigenvalue weighted by atomic mass is 16.6. The molecule has 2 aliphatic carbocycles. The van der Waals surface area contributed by atoms with Crippen LogP contribution in [0, 0.1) is 23.2 Å². The summed E-state index contributed by atoms with van der Waals surface area (Å²) in [5.41, 5.74) is -0.730. The Labute approximate surface area is 116 Å². The first-order chi connectivity index (χ1) is 8.38. The number of ketones is 1. The second-order valence-electron chi connectivity index (χ2n) is 6.91. The Bertz CT molecular complexity index is 416. The van der Waals surface area contributed by atoms with Crippen LogP contribution in [0.25, 0.3) is 0 Å². The van der Waals surface area contributed by atoms with E-state index in [1.165, 1.54) is 0 Å². The third kappa shape index (κ3) is 1.77. The molecular weight excluding hydrogens is 240 g/mol. The average molecular weight is 266 g/mol. The van der Waals surface area contributed by atoms with Crippen molar-refractivity contribution < 1.29 is 14.3 Å². The van der Waals surface area contributed by atoms with Gasteiger partial charge in [-0.25, -0.2) is 0 Å². The molecule has 0 aromatic rings. The lowest BCUT2D eigenvalue weighted by molar-refractivity contribution is -0.168. The summed E-state index contributed by atoms with van der Waals surface area (Å²) in [7, 11) is 0. The van der Waals surface area contributed by atoms with Crippen molar-refractivity contribution in [1.29, 1.82) is 0 Å². The van der Waals surface area contributed by atoms with Crippen LogP contribution < -0.4 is 0 Å². The van der Waals surface area contributed by atoms with Gasteiger partial charge in [-0.2, -0.15) is 0 Å². The van der Waals surface area contributed by atoms with Gasteiger partial charge in [0.25, 0.3) is 0 Å². The van der Waals surface area contributed by atoms with E-state index in [4.69, 9.17) is 4.74 Å². The number of carbonyl (C=O) groups is 2. The first kappa shape index (κ1) is 14.5. The monoisotopic (exact) mass is 266 g/mol. The number of fused-ring (bicyclic) bond motifs is 3. The molecule has 4 unspecified atom stereocenters. The highest BCUT2D eigenvalue weighted by Crippen LogP contribution is 2.60. The quantitative estimate of drug-likeness (QED) is 0.631. The van der Waals surface area contributed by atoms with E-state index in [1.54, 1.807) is 0 Å². The van der Waals surface area contributed by atoms with Gasteiger partial charge in [-0.1, -0.05) is 21.3 Å². The predicted octanol–water partition coefficient (Wildman–Crippen LogP) is 3.36. The van der Waals surface area contributed by atoms with Gasteiger partial charge in [-0.15, -0.1) is 0 Å². The Hall–Kier alpha value is -0.860. The van der Waals surface area contributed by atoms with Gasteiger partial charge in [0.05, 0.1) is 6.42 Å². The van der Waals surface area contributed by atoms with Crippen LogP contribution >= 0.6 is 0 Å². The van der Waals surface area contributed by atoms with Crippen molar-refractivity contribution in [3.8, 4) is 0 Å². The minimum Gasteiger partial charge on any atom is -0.459 e. The SMILES string of the molecule is C.CC1CCC(=O)C2(C)C1CCC1(C)OC(=O)C[C@@H]12. The van der Waals surface area contributed by atoms with E-state index in [-0.39, 0.29) is 24.7 Å². The Kier molecular flexibility index (Phi) is 3.31. The molecule has 5 atom stereocenters. The summed E-state index contributed by atoms with van der Waals surface area (Å²) in [6.45, 7) is 6.38. The smallest absolute Gasteiger partial charge is 0.306 e. The third-order valence-electron chi connectivity index (χ3n) is 6.02. The number of hydrogen-bond donors (Lipinski definition) is 0. The molecule has 0 radical (unpaired) electrons. The fraction of sp³-hybridized carbons (Fsp3) is 0.875. The number of ether oxygens (including phenoxy) is 1. The maximum atomic E-state index is 12.5. The molecule has 0 N–H and O–H groups in total. The fourth-order valence-electron chi connectivity index (χ4n) is 4.93. The molecule has 0 aromatic carbocycles. The lowest BCUT2D eigenvalue weighted by atomic mass is 9.49. The zero-order chi connectivity index (χ0) is 13.1. The van der Waals surface area contributed by atoms with Gasteiger partial charge in [0.15, 0.2) is 0 Å². The molecule has 3 aliphatic rings. The molecule has 3 fully saturated rings. The summed E-state index contributed by atoms with van der Waals surface area (Å²) < 4.78 is 5.56. The highest BCUT2D eigenvalue weighted by molar-refractivity contribution is 5.88. The van der Waals surface area contributed by atoms with E-state index < -0.39 is 5.60 Å². The molecule has 0 bridgehead atoms. The summed E-state index contributed by atoms with van der Waals surface area (Å²) in [6, 6.07) is 0. The normalized spacial score (nSPS) is 48.9. The topological polar surface area (TPSA) is 43.4 Å². The fourth-order valence-corrected chi connectivity index (χ4v) is 4.93. The first-order valence-electron chi connectivity index (χ1n) is 7.13. The Morgan fingerprint density at radius 3 is 2.58 bits per heavy atom. The van der Waals surface area contributed by atoms with Crippen LogP contribution in [-0.4, -0.2) is 17.4 Å². The third-order valence-corrected chi connectivity index (χ3v) is 6.02. The van der Waals surface area contributed by atoms with Crippen molar-refractivity contribution in [3.63, 3.8) is 0 Å². The summed E-state index contributed by atoms with van der Waals surface area (Å²) in [6.07, 6.45) is 4.05. The van der Waals surface area contributed by atoms with Gasteiger partial charge in [-0.3, -0.25) is 9.59 Å². The minimum atomic E-state index is -0.394. The second-order valence-corrected chi connectivity index (χ2v) is 6.91. The second kappa shape index (κ2) is 4.32. The number of Topliss-reactive ketones (excluding diaryl/α,β-unsaturated/α-hetero) is 1. The van der Waals surface area contributed by atoms with Gasteiger partial charge < -0.3 is 4.74 Å². The molecule has 3 rings (SSSR count). The molecule has 3 heteroatoms. The number of carbonyl (C=O) groups excluding carboxylic acids is 2. The Morgan fingerprint density at radius 2 is 1.89 bits per heavy atom. The van der Waals surface area contributed by atoms with Crippen molar-refractivity contribution in [2.75, 3.05) is 0 Å². The van der Waals surface area contributed by atoms with Gasteiger partial charge in [0, 0.05) is 17.8 Å². The molecule has 108 valence electrons. The maximum absolute atomic E-state index is 12.5. The van der Waals surface area contributed by atoms with E-state index >= 15 is 0 Å². The lowest BCUT2D eigenvalue weighted by Crippen LogP contribution is -2.57. The largest absolute Gasteiger partial charge is 0.459 e. The van der Waals surface area contributed by atoms with E-state index in [1.807, 2.05) is 6.92 Å². The van der Waals surface area contributed by atoms with Crippen LogP contribution in [0.1, 0.15) is 60.3 Å². The van der Waals surface area contributed by atoms with Crippen LogP contribution in [0.2, 0.25) is 0 Å². The molecule has 0 amide bonds. The standard InChI is InChI=1S/C15H22O3.CH4/c1-9-4-5-12(16)15(3)10(9)6-7-14(2)11(15)8-13(17)18-14;/h9-11H,4-8H2,1-3H3;1H4/t9?,10?,11-,14?,15?;/m0./s1. The van der Waals surface area contributed by atoms with E-state index in [9.17, 15) is 9.59 Å². The minimum absolute atomic E-state index is 0. The summed E-state index contributed by atoms with van der Waals surface area (Å²) >= 11 is 0. The summed E-state index contributed by atoms with van der Waals surface area (Å²) in [5, 5.41) is 0. The first-order valence-corrected chi connectivity index (χ1v) is 7.13. The predicted molar refractivity (Wildman–Crippen MR) is 73.6 cm³/mol. The van der Waals surface area contributed by atoms with Crippen molar-refractivity contribution in [1.82, 2.24) is 0 Å². The molecule has 1 heterocycles. The van der Waals surface area contributed by atoms with Crippen LogP contribution in [0.3, 0.4) is 0 Å². The molecule has 3 nitrogen and oxygen atoms in total. The van der Waals surface area contributed by atoms with Gasteiger partial charge >= 0.3 is 5.97 Å². The zero-order valence-electron chi connectivity index (χ0n) is 11.5. The van der Waals surface area contributed by atoms with Gasteiger partial charge in [-0.05, 0) is 38.0 Å². The molecule has 2 saturated carbocycles. The van der Waals surface area contributed by atoms with Crippen LogP contribution in [0.4, 0.5) is 0 Å². The number of esters is 1. The zero-order valence-corrected chi connectivity index (χ0v) is 11.5. The molecular formula is C16H26O3. The van der Waals surface area contributed by atoms with Crippen LogP contribution in [-0.2, 0) is 14.3 Å². The average Bonchev–Trinajstić information content (AvgIpc) is 2.60. The van der Waals surface area contributed by atoms with Crippen LogP contribution in [0.15, 0.2) is 0 Å². The van der Waals surface area contributed by atoms with E-state index in [0.717, 1.165) is 19.3 Å². The Morgan fingerprint density at radius 1 is 1.21 bits per heavy atom. The van der Waals surface area contributed by atoms with Gasteiger partial charge in [0.1, 0.15) is 11.4 Å². The molecule has 1 aliphatic heterocycles. The van der Waals surface area contributed by atoms with Gasteiger partial charge in [0.2, 0.25) is 0 Å². The molecule has 1 saturated heterocycles. The molecule has 0 spiro atoms. The van der Waals surface area contributed by atoms with Crippen molar-refractivity contribution in [2.24, 2.45) is 23.2 Å². The number of rotatable bonds is 0. The number of hydrogen-bond acceptors (Lipinski definition) is 3. The Balaban J connectivity index is 0.00000133. The lowest BCUT2D eigenvalue weighted by Gasteiger charge is -2.54. The van der Waals surface area contributed by atoms with E-state index in [2.05, 4.69) is 13.8 Å². The highest BCUT2D eigenvalue weighted by Gasteiger charge is 2.63. The summed E-state index contributed by atoms with van der Waals surface area (Å²) in [5.74, 6) is 1.36.